The van der Waals surface area contributed by atoms with Gasteiger partial charge in [0.25, 0.3) is 0 Å². The number of carbonyl (C=O) groups excluding carboxylic acids is 1. The van der Waals surface area contributed by atoms with Crippen molar-refractivity contribution in [2.24, 2.45) is 0 Å². The Labute approximate surface area is 158 Å². The number of fused-ring (bicyclic) bond motifs is 1. The number of rotatable bonds is 4. The van der Waals surface area contributed by atoms with Crippen LogP contribution in [0.5, 0.6) is 0 Å². The van der Waals surface area contributed by atoms with Crippen LogP contribution in [0.1, 0.15) is 44.9 Å². The number of carbonyl (C=O) groups is 1. The molecular weight excluding hydrogens is 344 g/mol. The van der Waals surface area contributed by atoms with Gasteiger partial charge in [-0.2, -0.15) is 5.10 Å². The van der Waals surface area contributed by atoms with E-state index in [1.54, 1.807) is 4.68 Å². The third kappa shape index (κ3) is 3.08. The highest BCUT2D eigenvalue weighted by molar-refractivity contribution is 6.31. The first-order chi connectivity index (χ1) is 12.5. The number of nitrogens with zero attached hydrogens (tertiary/aromatic N) is 2. The number of hydrogen-bond acceptors (Lipinski definition) is 2. The van der Waals surface area contributed by atoms with Crippen LogP contribution in [0.2, 0.25) is 5.02 Å². The van der Waals surface area contributed by atoms with Crippen molar-refractivity contribution in [2.75, 3.05) is 0 Å². The van der Waals surface area contributed by atoms with E-state index >= 15 is 0 Å². The topological polar surface area (TPSA) is 34.9 Å². The van der Waals surface area contributed by atoms with Crippen LogP contribution >= 0.6 is 11.6 Å². The zero-order chi connectivity index (χ0) is 18.3. The average molecular weight is 365 g/mol. The second-order valence-electron chi connectivity index (χ2n) is 7.00. The van der Waals surface area contributed by atoms with Crippen LogP contribution in [0.3, 0.4) is 0 Å². The van der Waals surface area contributed by atoms with Crippen LogP contribution in [0, 0.1) is 13.8 Å². The summed E-state index contributed by atoms with van der Waals surface area (Å²) in [7, 11) is 0. The van der Waals surface area contributed by atoms with Gasteiger partial charge in [0.15, 0.2) is 5.78 Å². The largest absolute Gasteiger partial charge is 0.294 e. The van der Waals surface area contributed by atoms with Gasteiger partial charge >= 0.3 is 0 Å². The molecule has 4 rings (SSSR count). The fourth-order valence-electron chi connectivity index (χ4n) is 3.71. The molecule has 3 aromatic rings. The Balaban J connectivity index is 1.60. The number of halogens is 1. The summed E-state index contributed by atoms with van der Waals surface area (Å²) in [6, 6.07) is 14.1. The molecule has 0 saturated carbocycles. The van der Waals surface area contributed by atoms with Crippen molar-refractivity contribution in [1.29, 1.82) is 0 Å². The Morgan fingerprint density at radius 1 is 1.12 bits per heavy atom. The zero-order valence-corrected chi connectivity index (χ0v) is 15.8. The Hall–Kier alpha value is -2.39. The standard InChI is InChI=1S/C22H21ClN2O/c1-14-22(23)15(2)25(24-14)20-8-4-7-19(13-20)21(26)12-16-9-10-17-5-3-6-18(17)11-16/h4,7-11,13H,3,5-6,12H2,1-2H3. The van der Waals surface area contributed by atoms with E-state index in [1.165, 1.54) is 17.5 Å². The molecule has 0 N–H and O–H groups in total. The van der Waals surface area contributed by atoms with Crippen molar-refractivity contribution in [2.45, 2.75) is 39.5 Å². The molecule has 1 aliphatic rings. The minimum atomic E-state index is 0.123. The lowest BCUT2D eigenvalue weighted by molar-refractivity contribution is 0.0993. The number of ketones is 1. The zero-order valence-electron chi connectivity index (χ0n) is 15.1. The first-order valence-corrected chi connectivity index (χ1v) is 9.37. The molecule has 1 aromatic heterocycles. The fraction of sp³-hybridized carbons (Fsp3) is 0.273. The smallest absolute Gasteiger partial charge is 0.167 e. The van der Waals surface area contributed by atoms with Crippen molar-refractivity contribution in [1.82, 2.24) is 9.78 Å². The average Bonchev–Trinajstić information content (AvgIpc) is 3.21. The lowest BCUT2D eigenvalue weighted by Crippen LogP contribution is -2.06. The van der Waals surface area contributed by atoms with Gasteiger partial charge in [0.1, 0.15) is 0 Å². The van der Waals surface area contributed by atoms with E-state index in [9.17, 15) is 4.79 Å². The highest BCUT2D eigenvalue weighted by atomic mass is 35.5. The third-order valence-electron chi connectivity index (χ3n) is 5.14. The molecule has 26 heavy (non-hydrogen) atoms. The van der Waals surface area contributed by atoms with E-state index in [4.69, 9.17) is 11.6 Å². The molecule has 0 bridgehead atoms. The molecule has 0 atom stereocenters. The first-order valence-electron chi connectivity index (χ1n) is 8.99. The Kier molecular flexibility index (Phi) is 4.41. The summed E-state index contributed by atoms with van der Waals surface area (Å²) < 4.78 is 1.80. The maximum absolute atomic E-state index is 12.8. The summed E-state index contributed by atoms with van der Waals surface area (Å²) in [5, 5.41) is 5.14. The van der Waals surface area contributed by atoms with Gasteiger partial charge in [-0.05, 0) is 61.9 Å². The van der Waals surface area contributed by atoms with E-state index < -0.39 is 0 Å². The molecule has 3 nitrogen and oxygen atoms in total. The maximum Gasteiger partial charge on any atom is 0.167 e. The lowest BCUT2D eigenvalue weighted by Gasteiger charge is -2.08. The van der Waals surface area contributed by atoms with Crippen molar-refractivity contribution >= 4 is 17.4 Å². The Morgan fingerprint density at radius 3 is 2.69 bits per heavy atom. The minimum absolute atomic E-state index is 0.123. The molecule has 0 unspecified atom stereocenters. The van der Waals surface area contributed by atoms with E-state index in [0.29, 0.717) is 17.0 Å². The second kappa shape index (κ2) is 6.73. The maximum atomic E-state index is 12.8. The van der Waals surface area contributed by atoms with Gasteiger partial charge in [-0.15, -0.1) is 0 Å². The molecule has 0 radical (unpaired) electrons. The SMILES string of the molecule is Cc1nn(-c2cccc(C(=O)Cc3ccc4c(c3)CCC4)c2)c(C)c1Cl. The summed E-state index contributed by atoms with van der Waals surface area (Å²) in [4.78, 5) is 12.8. The van der Waals surface area contributed by atoms with Crippen molar-refractivity contribution in [3.05, 3.63) is 81.1 Å². The van der Waals surface area contributed by atoms with Crippen molar-refractivity contribution in [3.8, 4) is 5.69 Å². The fourth-order valence-corrected chi connectivity index (χ4v) is 3.83. The first kappa shape index (κ1) is 17.0. The Morgan fingerprint density at radius 2 is 1.92 bits per heavy atom. The minimum Gasteiger partial charge on any atom is -0.294 e. The van der Waals surface area contributed by atoms with E-state index in [1.807, 2.05) is 38.1 Å². The second-order valence-corrected chi connectivity index (χ2v) is 7.38. The molecule has 4 heteroatoms. The predicted molar refractivity (Wildman–Crippen MR) is 105 cm³/mol. The molecule has 0 spiro atoms. The summed E-state index contributed by atoms with van der Waals surface area (Å²) in [5.41, 5.74) is 7.16. The molecule has 132 valence electrons. The number of hydrogen-bond donors (Lipinski definition) is 0. The molecule has 0 amide bonds. The van der Waals surface area contributed by atoms with Gasteiger partial charge in [0.05, 0.1) is 22.1 Å². The van der Waals surface area contributed by atoms with E-state index in [-0.39, 0.29) is 5.78 Å². The lowest BCUT2D eigenvalue weighted by atomic mass is 9.99. The van der Waals surface area contributed by atoms with Crippen LogP contribution in [-0.4, -0.2) is 15.6 Å². The van der Waals surface area contributed by atoms with Crippen LogP contribution < -0.4 is 0 Å². The van der Waals surface area contributed by atoms with Crippen LogP contribution in [0.25, 0.3) is 5.69 Å². The van der Waals surface area contributed by atoms with Gasteiger partial charge in [0.2, 0.25) is 0 Å². The predicted octanol–water partition coefficient (Wildman–Crippen LogP) is 5.06. The quantitative estimate of drug-likeness (QED) is 0.607. The molecule has 2 aromatic carbocycles. The van der Waals surface area contributed by atoms with Gasteiger partial charge in [0, 0.05) is 12.0 Å². The summed E-state index contributed by atoms with van der Waals surface area (Å²) >= 11 is 6.25. The number of aryl methyl sites for hydroxylation is 3. The van der Waals surface area contributed by atoms with Crippen molar-refractivity contribution < 1.29 is 4.79 Å². The molecule has 0 fully saturated rings. The summed E-state index contributed by atoms with van der Waals surface area (Å²) in [6.07, 6.45) is 3.94. The van der Waals surface area contributed by atoms with Crippen molar-refractivity contribution in [3.63, 3.8) is 0 Å². The van der Waals surface area contributed by atoms with Crippen LogP contribution in [-0.2, 0) is 19.3 Å². The van der Waals surface area contributed by atoms with E-state index in [0.717, 1.165) is 35.5 Å². The number of benzene rings is 2. The molecule has 0 saturated heterocycles. The van der Waals surface area contributed by atoms with Gasteiger partial charge < -0.3 is 0 Å². The number of Topliss-reactive ketones (excluding diaryl/α,β-unsaturated/α-hetero) is 1. The Bertz CT molecular complexity index is 1000. The molecular formula is C22H21ClN2O. The normalized spacial score (nSPS) is 13.0. The van der Waals surface area contributed by atoms with E-state index in [2.05, 4.69) is 23.3 Å². The summed E-state index contributed by atoms with van der Waals surface area (Å²) in [6.45, 7) is 3.82. The van der Waals surface area contributed by atoms with Gasteiger partial charge in [-0.25, -0.2) is 4.68 Å². The highest BCUT2D eigenvalue weighted by Gasteiger charge is 2.15. The highest BCUT2D eigenvalue weighted by Crippen LogP contribution is 2.25. The molecule has 1 aliphatic carbocycles. The monoisotopic (exact) mass is 364 g/mol. The number of aromatic nitrogens is 2. The third-order valence-corrected chi connectivity index (χ3v) is 5.69. The van der Waals surface area contributed by atoms with Gasteiger partial charge in [-0.3, -0.25) is 4.79 Å². The van der Waals surface area contributed by atoms with Crippen LogP contribution in [0.4, 0.5) is 0 Å². The molecule has 0 aliphatic heterocycles. The molecule has 1 heterocycles. The van der Waals surface area contributed by atoms with Crippen LogP contribution in [0.15, 0.2) is 42.5 Å². The summed E-state index contributed by atoms with van der Waals surface area (Å²) in [5.74, 6) is 0.123. The van der Waals surface area contributed by atoms with Gasteiger partial charge in [-0.1, -0.05) is 41.9 Å².